The summed E-state index contributed by atoms with van der Waals surface area (Å²) in [5.41, 5.74) is 3.35. The summed E-state index contributed by atoms with van der Waals surface area (Å²) in [4.78, 5) is 25.2. The number of benzene rings is 3. The first-order valence-electron chi connectivity index (χ1n) is 9.03. The normalized spacial score (nSPS) is 10.4. The number of aryl methyl sites for hydroxylation is 1. The molecule has 142 valence electrons. The average Bonchev–Trinajstić information content (AvgIpc) is 2.69. The number of amides is 2. The zero-order valence-corrected chi connectivity index (χ0v) is 16.3. The molecule has 3 aromatic carbocycles. The van der Waals surface area contributed by atoms with E-state index in [1.54, 1.807) is 36.4 Å². The van der Waals surface area contributed by atoms with E-state index in [9.17, 15) is 9.59 Å². The Bertz CT molecular complexity index is 987. The van der Waals surface area contributed by atoms with Crippen molar-refractivity contribution in [1.82, 2.24) is 5.32 Å². The lowest BCUT2D eigenvalue weighted by atomic mass is 10.1. The van der Waals surface area contributed by atoms with Crippen LogP contribution in [0, 0.1) is 6.92 Å². The van der Waals surface area contributed by atoms with Gasteiger partial charge in [0.15, 0.2) is 0 Å². The maximum Gasteiger partial charge on any atom is 0.257 e. The first-order chi connectivity index (χ1) is 13.5. The maximum atomic E-state index is 12.6. The lowest BCUT2D eigenvalue weighted by Crippen LogP contribution is -2.27. The molecule has 0 aliphatic rings. The smallest absolute Gasteiger partial charge is 0.257 e. The molecule has 0 fully saturated rings. The van der Waals surface area contributed by atoms with E-state index in [4.69, 9.17) is 11.6 Å². The van der Waals surface area contributed by atoms with Gasteiger partial charge in [0.2, 0.25) is 0 Å². The van der Waals surface area contributed by atoms with E-state index in [2.05, 4.69) is 10.6 Å². The minimum atomic E-state index is -0.352. The first kappa shape index (κ1) is 19.6. The maximum absolute atomic E-state index is 12.6. The van der Waals surface area contributed by atoms with E-state index < -0.39 is 0 Å². The third-order valence-electron chi connectivity index (χ3n) is 4.33. The Kier molecular flexibility index (Phi) is 6.45. The molecule has 0 saturated carbocycles. The van der Waals surface area contributed by atoms with Crippen LogP contribution in [0.25, 0.3) is 0 Å². The number of hydrogen-bond acceptors (Lipinski definition) is 2. The van der Waals surface area contributed by atoms with Crippen molar-refractivity contribution in [3.05, 3.63) is 100 Å². The van der Waals surface area contributed by atoms with E-state index in [1.165, 1.54) is 0 Å². The van der Waals surface area contributed by atoms with E-state index in [-0.39, 0.29) is 11.8 Å². The first-order valence-corrected chi connectivity index (χ1v) is 9.41. The summed E-state index contributed by atoms with van der Waals surface area (Å²) < 4.78 is 0. The van der Waals surface area contributed by atoms with Crippen LogP contribution in [0.1, 0.15) is 31.8 Å². The number of anilines is 1. The van der Waals surface area contributed by atoms with Gasteiger partial charge in [-0.05, 0) is 48.7 Å². The lowest BCUT2D eigenvalue weighted by molar-refractivity contribution is 0.0955. The van der Waals surface area contributed by atoms with Gasteiger partial charge in [-0.2, -0.15) is 0 Å². The molecule has 4 nitrogen and oxygen atoms in total. The van der Waals surface area contributed by atoms with E-state index >= 15 is 0 Å². The minimum Gasteiger partial charge on any atom is -0.352 e. The summed E-state index contributed by atoms with van der Waals surface area (Å²) in [5, 5.41) is 6.07. The van der Waals surface area contributed by atoms with Crippen LogP contribution in [-0.4, -0.2) is 18.4 Å². The number of halogens is 1. The number of carbonyl (C=O) groups is 2. The molecule has 0 aliphatic heterocycles. The van der Waals surface area contributed by atoms with Gasteiger partial charge in [-0.25, -0.2) is 0 Å². The van der Waals surface area contributed by atoms with Gasteiger partial charge in [0, 0.05) is 6.54 Å². The van der Waals surface area contributed by atoms with Gasteiger partial charge < -0.3 is 10.6 Å². The molecule has 28 heavy (non-hydrogen) atoms. The quantitative estimate of drug-likeness (QED) is 0.628. The van der Waals surface area contributed by atoms with E-state index in [0.717, 1.165) is 17.5 Å². The summed E-state index contributed by atoms with van der Waals surface area (Å²) in [6.45, 7) is 2.41. The number of hydrogen-bond donors (Lipinski definition) is 2. The van der Waals surface area contributed by atoms with Gasteiger partial charge in [0.1, 0.15) is 0 Å². The van der Waals surface area contributed by atoms with Crippen molar-refractivity contribution in [3.8, 4) is 0 Å². The zero-order valence-electron chi connectivity index (χ0n) is 15.5. The average molecular weight is 393 g/mol. The highest BCUT2D eigenvalue weighted by Gasteiger charge is 2.15. The predicted octanol–water partition coefficient (Wildman–Crippen LogP) is 4.87. The molecule has 3 aromatic rings. The summed E-state index contributed by atoms with van der Waals surface area (Å²) in [5.74, 6) is -0.587. The molecule has 0 unspecified atom stereocenters. The van der Waals surface area contributed by atoms with Gasteiger partial charge in [-0.3, -0.25) is 9.59 Å². The lowest BCUT2D eigenvalue weighted by Gasteiger charge is -2.12. The summed E-state index contributed by atoms with van der Waals surface area (Å²) in [6, 6.07) is 22.1. The van der Waals surface area contributed by atoms with Crippen molar-refractivity contribution >= 4 is 29.1 Å². The Morgan fingerprint density at radius 2 is 1.57 bits per heavy atom. The Labute approximate surface area is 169 Å². The molecule has 0 heterocycles. The fourth-order valence-corrected chi connectivity index (χ4v) is 3.17. The van der Waals surface area contributed by atoms with Crippen LogP contribution in [-0.2, 0) is 6.42 Å². The van der Waals surface area contributed by atoms with Crippen molar-refractivity contribution in [1.29, 1.82) is 0 Å². The second kappa shape index (κ2) is 9.20. The monoisotopic (exact) mass is 392 g/mol. The molecule has 0 atom stereocenters. The molecule has 2 N–H and O–H groups in total. The third-order valence-corrected chi connectivity index (χ3v) is 4.64. The topological polar surface area (TPSA) is 58.2 Å². The van der Waals surface area contributed by atoms with Crippen molar-refractivity contribution in [2.45, 2.75) is 13.3 Å². The molecule has 2 amide bonds. The molecule has 0 radical (unpaired) electrons. The van der Waals surface area contributed by atoms with Crippen LogP contribution < -0.4 is 10.6 Å². The van der Waals surface area contributed by atoms with E-state index in [0.29, 0.717) is 28.4 Å². The molecule has 0 bridgehead atoms. The Balaban J connectivity index is 1.68. The molecular weight excluding hydrogens is 372 g/mol. The molecule has 3 rings (SSSR count). The number of para-hydroxylation sites is 1. The van der Waals surface area contributed by atoms with Crippen LogP contribution in [0.2, 0.25) is 5.02 Å². The summed E-state index contributed by atoms with van der Waals surface area (Å²) in [6.07, 6.45) is 0.736. The highest BCUT2D eigenvalue weighted by Crippen LogP contribution is 2.21. The SMILES string of the molecule is Cc1ccc(C(=O)Nc2ccccc2C(=O)NCCc2ccccc2)c(Cl)c1. The zero-order chi connectivity index (χ0) is 19.9. The Morgan fingerprint density at radius 1 is 0.857 bits per heavy atom. The number of nitrogens with one attached hydrogen (secondary N) is 2. The fraction of sp³-hybridized carbons (Fsp3) is 0.130. The van der Waals surface area contributed by atoms with Crippen molar-refractivity contribution in [3.63, 3.8) is 0 Å². The largest absolute Gasteiger partial charge is 0.352 e. The van der Waals surface area contributed by atoms with Crippen LogP contribution in [0.4, 0.5) is 5.69 Å². The predicted molar refractivity (Wildman–Crippen MR) is 113 cm³/mol. The second-order valence-corrected chi connectivity index (χ2v) is 6.88. The Morgan fingerprint density at radius 3 is 2.32 bits per heavy atom. The summed E-state index contributed by atoms with van der Waals surface area (Å²) >= 11 is 6.18. The van der Waals surface area contributed by atoms with Gasteiger partial charge in [-0.15, -0.1) is 0 Å². The number of rotatable bonds is 6. The fourth-order valence-electron chi connectivity index (χ4n) is 2.84. The molecule has 0 saturated heterocycles. The highest BCUT2D eigenvalue weighted by atomic mass is 35.5. The van der Waals surface area contributed by atoms with Gasteiger partial charge in [0.05, 0.1) is 21.8 Å². The second-order valence-electron chi connectivity index (χ2n) is 6.47. The van der Waals surface area contributed by atoms with Crippen molar-refractivity contribution < 1.29 is 9.59 Å². The highest BCUT2D eigenvalue weighted by molar-refractivity contribution is 6.34. The van der Waals surface area contributed by atoms with Crippen molar-refractivity contribution in [2.75, 3.05) is 11.9 Å². The van der Waals surface area contributed by atoms with Gasteiger partial charge in [0.25, 0.3) is 11.8 Å². The van der Waals surface area contributed by atoms with Crippen LogP contribution >= 0.6 is 11.6 Å². The minimum absolute atomic E-state index is 0.234. The van der Waals surface area contributed by atoms with Gasteiger partial charge >= 0.3 is 0 Å². The third kappa shape index (κ3) is 4.99. The molecular formula is C23H21ClN2O2. The standard InChI is InChI=1S/C23H21ClN2O2/c1-16-11-12-18(20(24)15-16)23(28)26-21-10-6-5-9-19(21)22(27)25-14-13-17-7-3-2-4-8-17/h2-12,15H,13-14H2,1H3,(H,25,27)(H,26,28). The molecule has 0 aromatic heterocycles. The van der Waals surface area contributed by atoms with Crippen LogP contribution in [0.5, 0.6) is 0 Å². The molecule has 0 spiro atoms. The number of carbonyl (C=O) groups excluding carboxylic acids is 2. The molecule has 0 aliphatic carbocycles. The van der Waals surface area contributed by atoms with Crippen LogP contribution in [0.3, 0.4) is 0 Å². The molecule has 5 heteroatoms. The summed E-state index contributed by atoms with van der Waals surface area (Å²) in [7, 11) is 0. The van der Waals surface area contributed by atoms with Crippen molar-refractivity contribution in [2.24, 2.45) is 0 Å². The van der Waals surface area contributed by atoms with Gasteiger partial charge in [-0.1, -0.05) is 60.1 Å². The van der Waals surface area contributed by atoms with Crippen LogP contribution in [0.15, 0.2) is 72.8 Å². The van der Waals surface area contributed by atoms with E-state index in [1.807, 2.05) is 43.3 Å². The Hall–Kier alpha value is -3.11.